The van der Waals surface area contributed by atoms with Crippen molar-refractivity contribution in [3.63, 3.8) is 0 Å². The molecule has 2 saturated carbocycles. The van der Waals surface area contributed by atoms with Crippen LogP contribution in [0.2, 0.25) is 10.0 Å². The minimum absolute atomic E-state index is 0.216. The van der Waals surface area contributed by atoms with Gasteiger partial charge in [0.1, 0.15) is 30.2 Å². The van der Waals surface area contributed by atoms with E-state index >= 15 is 0 Å². The van der Waals surface area contributed by atoms with Crippen LogP contribution in [0.5, 0.6) is 5.75 Å². The summed E-state index contributed by atoms with van der Waals surface area (Å²) in [5.41, 5.74) is 4.19. The lowest BCUT2D eigenvalue weighted by Crippen LogP contribution is -2.52. The number of carbonyl (C=O) groups is 1. The molecule has 3 aromatic rings. The summed E-state index contributed by atoms with van der Waals surface area (Å²) in [5.74, 6) is 0.864. The van der Waals surface area contributed by atoms with E-state index in [-0.39, 0.29) is 39.0 Å². The predicted octanol–water partition coefficient (Wildman–Crippen LogP) is 4.22. The minimum atomic E-state index is -1.80. The highest BCUT2D eigenvalue weighted by Crippen LogP contribution is 2.53. The van der Waals surface area contributed by atoms with Crippen LogP contribution < -0.4 is 10.1 Å². The number of nitrogens with one attached hydrogen (secondary N) is 1. The first-order valence-electron chi connectivity index (χ1n) is 17.7. The number of urea groups is 1. The molecule has 0 unspecified atom stereocenters. The fourth-order valence-corrected chi connectivity index (χ4v) is 6.59. The third kappa shape index (κ3) is 10.6. The standard InChI is InChI=1S/C38H49Cl2N3O9/c1-50-17-15-42-37(49)43(21-32(45)35(47)36(48)33(46)22-44)16-5-4-6-24-18-31(40)25(19-30(24)39)23-51-38(12-13-38)29-20-41-14-11-27(29)28-7-2-3-8-34(28)52-26-9-10-26/h2-3,7-8,11,14,18-20,26,32-33,35-36,44-48H,4-6,9-10,12-13,15-17,21-23H2,1H3,(H,42,49)/t32-,33+,35+,36+/m0/s1. The van der Waals surface area contributed by atoms with Crippen molar-refractivity contribution >= 4 is 29.2 Å². The highest BCUT2D eigenvalue weighted by atomic mass is 35.5. The van der Waals surface area contributed by atoms with Gasteiger partial charge < -0.3 is 50.0 Å². The zero-order valence-corrected chi connectivity index (χ0v) is 30.8. The van der Waals surface area contributed by atoms with Crippen LogP contribution in [0.1, 0.15) is 55.2 Å². The molecule has 1 heterocycles. The maximum Gasteiger partial charge on any atom is 0.317 e. The third-order valence-corrected chi connectivity index (χ3v) is 10.2. The van der Waals surface area contributed by atoms with E-state index in [2.05, 4.69) is 16.4 Å². The average Bonchev–Trinajstić information content (AvgIpc) is 4.10. The Morgan fingerprint density at radius 3 is 2.42 bits per heavy atom. The number of ether oxygens (including phenoxy) is 3. The van der Waals surface area contributed by atoms with Crippen molar-refractivity contribution in [2.24, 2.45) is 0 Å². The topological polar surface area (TPSA) is 174 Å². The highest BCUT2D eigenvalue weighted by molar-refractivity contribution is 6.34. The number of aromatic nitrogens is 1. The second-order valence-corrected chi connectivity index (χ2v) is 14.3. The molecular weight excluding hydrogens is 713 g/mol. The molecule has 4 atom stereocenters. The highest BCUT2D eigenvalue weighted by Gasteiger charge is 2.48. The molecule has 1 aromatic heterocycles. The van der Waals surface area contributed by atoms with E-state index in [4.69, 9.17) is 42.5 Å². The number of benzene rings is 2. The van der Waals surface area contributed by atoms with Gasteiger partial charge in [-0.05, 0) is 85.9 Å². The second kappa shape index (κ2) is 18.8. The molecule has 0 saturated heterocycles. The van der Waals surface area contributed by atoms with Gasteiger partial charge in [-0.25, -0.2) is 4.79 Å². The number of hydrogen-bond acceptors (Lipinski definition) is 10. The number of unbranched alkanes of at least 4 members (excludes halogenated alkanes) is 1. The number of pyridine rings is 1. The van der Waals surface area contributed by atoms with E-state index in [9.17, 15) is 25.2 Å². The van der Waals surface area contributed by atoms with Crippen LogP contribution in [0.4, 0.5) is 4.79 Å². The first-order valence-corrected chi connectivity index (χ1v) is 18.5. The van der Waals surface area contributed by atoms with Crippen molar-refractivity contribution in [1.82, 2.24) is 15.2 Å². The van der Waals surface area contributed by atoms with Crippen LogP contribution in [0.25, 0.3) is 11.1 Å². The van der Waals surface area contributed by atoms with Crippen molar-refractivity contribution in [1.29, 1.82) is 0 Å². The molecule has 0 aliphatic heterocycles. The van der Waals surface area contributed by atoms with E-state index in [1.165, 1.54) is 12.0 Å². The third-order valence-electron chi connectivity index (χ3n) is 9.46. The van der Waals surface area contributed by atoms with Gasteiger partial charge in [0.25, 0.3) is 0 Å². The Kier molecular flexibility index (Phi) is 14.5. The van der Waals surface area contributed by atoms with Gasteiger partial charge in [0.05, 0.1) is 38.1 Å². The van der Waals surface area contributed by atoms with Crippen LogP contribution in [0, 0.1) is 0 Å². The molecule has 6 N–H and O–H groups in total. The lowest BCUT2D eigenvalue weighted by atomic mass is 9.96. The average molecular weight is 763 g/mol. The quantitative estimate of drug-likeness (QED) is 0.0864. The first kappa shape index (κ1) is 40.2. The Morgan fingerprint density at radius 2 is 1.71 bits per heavy atom. The smallest absolute Gasteiger partial charge is 0.317 e. The number of aryl methyl sites for hydroxylation is 1. The van der Waals surface area contributed by atoms with Crippen LogP contribution in [-0.2, 0) is 28.1 Å². The molecule has 0 bridgehead atoms. The number of para-hydroxylation sites is 1. The van der Waals surface area contributed by atoms with Gasteiger partial charge in [-0.1, -0.05) is 41.4 Å². The molecule has 0 spiro atoms. The van der Waals surface area contributed by atoms with Crippen molar-refractivity contribution in [2.75, 3.05) is 40.0 Å². The summed E-state index contributed by atoms with van der Waals surface area (Å²) in [6.45, 7) is -0.131. The summed E-state index contributed by atoms with van der Waals surface area (Å²) in [6.07, 6.45) is 2.69. The summed E-state index contributed by atoms with van der Waals surface area (Å²) in [7, 11) is 1.50. The van der Waals surface area contributed by atoms with Crippen molar-refractivity contribution < 1.29 is 44.5 Å². The second-order valence-electron chi connectivity index (χ2n) is 13.5. The zero-order chi connectivity index (χ0) is 37.3. The molecule has 5 rings (SSSR count). The van der Waals surface area contributed by atoms with Crippen LogP contribution in [0.3, 0.4) is 0 Å². The fourth-order valence-electron chi connectivity index (χ4n) is 6.06. The number of methoxy groups -OCH3 is 1. The monoisotopic (exact) mass is 761 g/mol. The van der Waals surface area contributed by atoms with E-state index in [0.717, 1.165) is 59.3 Å². The van der Waals surface area contributed by atoms with Crippen LogP contribution in [0.15, 0.2) is 54.9 Å². The van der Waals surface area contributed by atoms with Crippen molar-refractivity contribution in [3.05, 3.63) is 81.6 Å². The van der Waals surface area contributed by atoms with Crippen LogP contribution >= 0.6 is 23.2 Å². The minimum Gasteiger partial charge on any atom is -0.490 e. The Labute approximate surface area is 314 Å². The zero-order valence-electron chi connectivity index (χ0n) is 29.3. The maximum atomic E-state index is 12.9. The fraction of sp³-hybridized carbons (Fsp3) is 0.526. The molecule has 2 aromatic carbocycles. The van der Waals surface area contributed by atoms with Gasteiger partial charge in [-0.15, -0.1) is 0 Å². The number of carbonyl (C=O) groups excluding carboxylic acids is 1. The molecule has 14 heteroatoms. The molecule has 2 aliphatic carbocycles. The lowest BCUT2D eigenvalue weighted by Gasteiger charge is -2.30. The molecule has 284 valence electrons. The molecule has 12 nitrogen and oxygen atoms in total. The maximum absolute atomic E-state index is 12.9. The Balaban J connectivity index is 1.18. The number of rotatable bonds is 21. The van der Waals surface area contributed by atoms with Gasteiger partial charge in [0.15, 0.2) is 0 Å². The molecule has 2 amide bonds. The van der Waals surface area contributed by atoms with E-state index in [0.29, 0.717) is 29.3 Å². The number of amides is 2. The molecular formula is C38H49Cl2N3O9. The van der Waals surface area contributed by atoms with E-state index < -0.39 is 42.7 Å². The number of aliphatic hydroxyl groups is 5. The normalized spacial score (nSPS) is 17.2. The van der Waals surface area contributed by atoms with Gasteiger partial charge in [-0.3, -0.25) is 4.98 Å². The molecule has 52 heavy (non-hydrogen) atoms. The number of hydrogen-bond donors (Lipinski definition) is 6. The first-order chi connectivity index (χ1) is 25.1. The summed E-state index contributed by atoms with van der Waals surface area (Å²) in [6, 6.07) is 13.3. The number of aliphatic hydroxyl groups excluding tert-OH is 5. The Morgan fingerprint density at radius 1 is 1.00 bits per heavy atom. The molecule has 2 aliphatic rings. The Hall–Kier alpha value is -3.04. The largest absolute Gasteiger partial charge is 0.490 e. The predicted molar refractivity (Wildman–Crippen MR) is 196 cm³/mol. The summed E-state index contributed by atoms with van der Waals surface area (Å²) < 4.78 is 17.8. The van der Waals surface area contributed by atoms with Crippen molar-refractivity contribution in [2.45, 2.75) is 87.7 Å². The summed E-state index contributed by atoms with van der Waals surface area (Å²) in [5, 5.41) is 53.3. The molecule has 0 radical (unpaired) electrons. The summed E-state index contributed by atoms with van der Waals surface area (Å²) in [4.78, 5) is 18.6. The molecule has 2 fully saturated rings. The number of halogens is 2. The van der Waals surface area contributed by atoms with Crippen molar-refractivity contribution in [3.8, 4) is 16.9 Å². The van der Waals surface area contributed by atoms with E-state index in [1.54, 1.807) is 6.20 Å². The lowest BCUT2D eigenvalue weighted by molar-refractivity contribution is -0.117. The number of nitrogens with zero attached hydrogens (tertiary/aromatic N) is 2. The van der Waals surface area contributed by atoms with Gasteiger partial charge in [0, 0.05) is 53.8 Å². The summed E-state index contributed by atoms with van der Waals surface area (Å²) >= 11 is 13.5. The van der Waals surface area contributed by atoms with Crippen LogP contribution in [-0.4, -0.2) is 112 Å². The van der Waals surface area contributed by atoms with Gasteiger partial charge >= 0.3 is 6.03 Å². The van der Waals surface area contributed by atoms with E-state index in [1.807, 2.05) is 42.6 Å². The Bertz CT molecular complexity index is 1620. The van der Waals surface area contributed by atoms with Gasteiger partial charge in [0.2, 0.25) is 0 Å². The van der Waals surface area contributed by atoms with Gasteiger partial charge in [-0.2, -0.15) is 0 Å². The SMILES string of the molecule is COCCNC(=O)N(CCCCc1cc(Cl)c(COC2(c3cnccc3-c3ccccc3OC3CC3)CC2)cc1Cl)C[C@H](O)[C@@H](O)[C@H](O)[C@H](O)CO.